The maximum Gasteiger partial charge on any atom is 0.175 e. The number of nitrogens with zero attached hydrogens (tertiary/aromatic N) is 2. The monoisotopic (exact) mass is 500 g/mol. The molecule has 3 aromatic carbocycles. The number of benzene rings is 3. The average Bonchev–Trinajstić information content (AvgIpc) is 3.11. The molecule has 4 rings (SSSR count). The van der Waals surface area contributed by atoms with Crippen LogP contribution in [0.3, 0.4) is 0 Å². The number of aromatic nitrogens is 2. The summed E-state index contributed by atoms with van der Waals surface area (Å²) in [5.41, 5.74) is 2.69. The zero-order chi connectivity index (χ0) is 24.0. The molecule has 1 N–H and O–H groups in total. The van der Waals surface area contributed by atoms with Gasteiger partial charge in [0.2, 0.25) is 0 Å². The summed E-state index contributed by atoms with van der Waals surface area (Å²) in [6.07, 6.45) is 1.19. The molecule has 0 aliphatic heterocycles. The maximum absolute atomic E-state index is 11.9. The molecule has 33 heavy (non-hydrogen) atoms. The molecule has 0 radical (unpaired) electrons. The number of halogens is 2. The van der Waals surface area contributed by atoms with E-state index in [2.05, 4.69) is 5.10 Å². The lowest BCUT2D eigenvalue weighted by Crippen LogP contribution is -2.17. The molecule has 0 saturated carbocycles. The van der Waals surface area contributed by atoms with Crippen molar-refractivity contribution in [3.05, 3.63) is 88.5 Å². The summed E-state index contributed by atoms with van der Waals surface area (Å²) in [6, 6.07) is 21.6. The molecule has 1 heterocycles. The second kappa shape index (κ2) is 8.61. The fraction of sp³-hybridized carbons (Fsp3) is 0.160. The highest BCUT2D eigenvalue weighted by atomic mass is 35.5. The first-order valence-electron chi connectivity index (χ1n) is 10.1. The van der Waals surface area contributed by atoms with Gasteiger partial charge in [-0.3, -0.25) is 0 Å². The number of rotatable bonds is 5. The van der Waals surface area contributed by atoms with E-state index in [1.54, 1.807) is 42.8 Å². The van der Waals surface area contributed by atoms with Gasteiger partial charge in [-0.25, -0.2) is 13.1 Å². The quantitative estimate of drug-likeness (QED) is 0.356. The van der Waals surface area contributed by atoms with Gasteiger partial charge >= 0.3 is 0 Å². The Kier molecular flexibility index (Phi) is 6.14. The van der Waals surface area contributed by atoms with Crippen LogP contribution >= 0.6 is 23.2 Å². The van der Waals surface area contributed by atoms with Crippen LogP contribution in [-0.2, 0) is 15.4 Å². The van der Waals surface area contributed by atoms with Gasteiger partial charge < -0.3 is 5.11 Å². The van der Waals surface area contributed by atoms with Crippen LogP contribution in [0.2, 0.25) is 10.0 Å². The van der Waals surface area contributed by atoms with E-state index in [0.29, 0.717) is 32.7 Å². The van der Waals surface area contributed by atoms with Gasteiger partial charge in [-0.15, -0.1) is 0 Å². The molecule has 0 unspecified atom stereocenters. The highest BCUT2D eigenvalue weighted by molar-refractivity contribution is 7.90. The first-order valence-corrected chi connectivity index (χ1v) is 12.8. The van der Waals surface area contributed by atoms with E-state index >= 15 is 0 Å². The number of hydrogen-bond acceptors (Lipinski definition) is 4. The zero-order valence-corrected chi connectivity index (χ0v) is 20.6. The lowest BCUT2D eigenvalue weighted by atomic mass is 10.0. The minimum atomic E-state index is -3.31. The fourth-order valence-electron chi connectivity index (χ4n) is 3.56. The normalized spacial score (nSPS) is 12.2. The third kappa shape index (κ3) is 4.70. The SMILES string of the molecule is CC(C)(O)c1nn(-c2ccc(-c3cccc(S(C)(=O)=O)c3)cc2)c(-c2ccccc2Cl)c1Cl. The van der Waals surface area contributed by atoms with Gasteiger partial charge in [0.25, 0.3) is 0 Å². The van der Waals surface area contributed by atoms with Crippen molar-refractivity contribution in [2.75, 3.05) is 6.26 Å². The van der Waals surface area contributed by atoms with E-state index < -0.39 is 15.4 Å². The lowest BCUT2D eigenvalue weighted by molar-refractivity contribution is 0.0735. The average molecular weight is 501 g/mol. The highest BCUT2D eigenvalue weighted by Gasteiger charge is 2.29. The van der Waals surface area contributed by atoms with Gasteiger partial charge in [0.15, 0.2) is 9.84 Å². The largest absolute Gasteiger partial charge is 0.384 e. The second-order valence-electron chi connectivity index (χ2n) is 8.31. The van der Waals surface area contributed by atoms with Crippen molar-refractivity contribution >= 4 is 33.0 Å². The van der Waals surface area contributed by atoms with Gasteiger partial charge in [-0.05, 0) is 55.3 Å². The van der Waals surface area contributed by atoms with Crippen molar-refractivity contribution in [2.45, 2.75) is 24.3 Å². The van der Waals surface area contributed by atoms with E-state index in [9.17, 15) is 13.5 Å². The summed E-state index contributed by atoms with van der Waals surface area (Å²) >= 11 is 13.2. The topological polar surface area (TPSA) is 72.2 Å². The van der Waals surface area contributed by atoms with Crippen LogP contribution < -0.4 is 0 Å². The van der Waals surface area contributed by atoms with Crippen LogP contribution in [0, 0.1) is 0 Å². The Bertz CT molecular complexity index is 1440. The molecular weight excluding hydrogens is 479 g/mol. The molecule has 0 atom stereocenters. The summed E-state index contributed by atoms with van der Waals surface area (Å²) < 4.78 is 25.5. The van der Waals surface area contributed by atoms with E-state index in [0.717, 1.165) is 11.1 Å². The van der Waals surface area contributed by atoms with Crippen LogP contribution in [0.15, 0.2) is 77.7 Å². The molecular formula is C25H22Cl2N2O3S. The standard InChI is InChI=1S/C25H22Cl2N2O3S/c1-25(2,30)24-22(27)23(20-9-4-5-10-21(20)26)29(28-24)18-13-11-16(12-14-18)17-7-6-8-19(15-17)33(3,31)32/h4-15,30H,1-3H3. The predicted octanol–water partition coefficient (Wildman–Crippen LogP) is 6.14. The zero-order valence-electron chi connectivity index (χ0n) is 18.3. The molecule has 0 bridgehead atoms. The number of sulfone groups is 1. The maximum atomic E-state index is 11.9. The molecule has 170 valence electrons. The van der Waals surface area contributed by atoms with Crippen molar-refractivity contribution < 1.29 is 13.5 Å². The molecule has 4 aromatic rings. The van der Waals surface area contributed by atoms with E-state index in [1.165, 1.54) is 6.26 Å². The smallest absolute Gasteiger partial charge is 0.175 e. The Morgan fingerprint density at radius 1 is 0.909 bits per heavy atom. The van der Waals surface area contributed by atoms with E-state index in [4.69, 9.17) is 23.2 Å². The summed E-state index contributed by atoms with van der Waals surface area (Å²) in [5, 5.41) is 16.1. The Labute approximate surface area is 203 Å². The Morgan fingerprint density at radius 3 is 2.18 bits per heavy atom. The van der Waals surface area contributed by atoms with Crippen molar-refractivity contribution in [1.29, 1.82) is 0 Å². The van der Waals surface area contributed by atoms with Crippen LogP contribution in [0.1, 0.15) is 19.5 Å². The van der Waals surface area contributed by atoms with Crippen molar-refractivity contribution in [2.24, 2.45) is 0 Å². The second-order valence-corrected chi connectivity index (χ2v) is 11.1. The number of hydrogen-bond donors (Lipinski definition) is 1. The first kappa shape index (κ1) is 23.5. The van der Waals surface area contributed by atoms with Crippen LogP contribution in [0.4, 0.5) is 0 Å². The molecule has 1 aromatic heterocycles. The molecule has 0 aliphatic rings. The lowest BCUT2D eigenvalue weighted by Gasteiger charge is -2.14. The highest BCUT2D eigenvalue weighted by Crippen LogP contribution is 2.40. The van der Waals surface area contributed by atoms with Crippen LogP contribution in [0.5, 0.6) is 0 Å². The summed E-state index contributed by atoms with van der Waals surface area (Å²) in [7, 11) is -3.31. The summed E-state index contributed by atoms with van der Waals surface area (Å²) in [5.74, 6) is 0. The van der Waals surface area contributed by atoms with Crippen LogP contribution in [-0.4, -0.2) is 29.6 Å². The molecule has 5 nitrogen and oxygen atoms in total. The Morgan fingerprint density at radius 2 is 1.58 bits per heavy atom. The first-order chi connectivity index (χ1) is 15.5. The van der Waals surface area contributed by atoms with Gasteiger partial charge in [-0.1, -0.05) is 65.7 Å². The third-order valence-electron chi connectivity index (χ3n) is 5.24. The van der Waals surface area contributed by atoms with Crippen molar-refractivity contribution in [1.82, 2.24) is 9.78 Å². The van der Waals surface area contributed by atoms with Gasteiger partial charge in [0, 0.05) is 11.8 Å². The van der Waals surface area contributed by atoms with E-state index in [-0.39, 0.29) is 4.90 Å². The molecule has 0 aliphatic carbocycles. The fourth-order valence-corrected chi connectivity index (χ4v) is 4.91. The van der Waals surface area contributed by atoms with Gasteiger partial charge in [0.1, 0.15) is 11.3 Å². The summed E-state index contributed by atoms with van der Waals surface area (Å²) in [6.45, 7) is 3.25. The Balaban J connectivity index is 1.84. The minimum Gasteiger partial charge on any atom is -0.384 e. The van der Waals surface area contributed by atoms with Crippen molar-refractivity contribution in [3.63, 3.8) is 0 Å². The minimum absolute atomic E-state index is 0.263. The van der Waals surface area contributed by atoms with Crippen molar-refractivity contribution in [3.8, 4) is 28.1 Å². The van der Waals surface area contributed by atoms with Gasteiger partial charge in [0.05, 0.1) is 26.3 Å². The molecule has 0 amide bonds. The van der Waals surface area contributed by atoms with Gasteiger partial charge in [-0.2, -0.15) is 5.10 Å². The molecule has 8 heteroatoms. The molecule has 0 fully saturated rings. The predicted molar refractivity (Wildman–Crippen MR) is 133 cm³/mol. The number of aliphatic hydroxyl groups is 1. The van der Waals surface area contributed by atoms with E-state index in [1.807, 2.05) is 48.5 Å². The molecule has 0 saturated heterocycles. The third-order valence-corrected chi connectivity index (χ3v) is 7.04. The van der Waals surface area contributed by atoms with Crippen LogP contribution in [0.25, 0.3) is 28.1 Å². The molecule has 0 spiro atoms. The Hall–Kier alpha value is -2.64. The summed E-state index contributed by atoms with van der Waals surface area (Å²) in [4.78, 5) is 0.263.